The minimum absolute atomic E-state index is 0.0989. The van der Waals surface area contributed by atoms with Gasteiger partial charge in [0.25, 0.3) is 0 Å². The van der Waals surface area contributed by atoms with Crippen LogP contribution in [0.15, 0.2) is 48.5 Å². The van der Waals surface area contributed by atoms with E-state index >= 15 is 0 Å². The predicted octanol–water partition coefficient (Wildman–Crippen LogP) is 6.44. The number of benzene rings is 2. The van der Waals surface area contributed by atoms with Crippen LogP contribution in [0.2, 0.25) is 5.02 Å². The van der Waals surface area contributed by atoms with Crippen LogP contribution in [0.1, 0.15) is 88.7 Å². The zero-order chi connectivity index (χ0) is 31.1. The summed E-state index contributed by atoms with van der Waals surface area (Å²) in [5, 5.41) is 3.67. The van der Waals surface area contributed by atoms with Gasteiger partial charge in [-0.2, -0.15) is 0 Å². The quantitative estimate of drug-likeness (QED) is 0.324. The van der Waals surface area contributed by atoms with Gasteiger partial charge in [-0.1, -0.05) is 55.1 Å². The lowest BCUT2D eigenvalue weighted by molar-refractivity contribution is -0.139. The lowest BCUT2D eigenvalue weighted by Gasteiger charge is -2.57. The maximum absolute atomic E-state index is 14.0. The number of halogens is 1. The summed E-state index contributed by atoms with van der Waals surface area (Å²) in [6.07, 6.45) is 14.1. The Labute approximate surface area is 267 Å². The molecule has 7 rings (SSSR count). The third-order valence-corrected chi connectivity index (χ3v) is 12.2. The van der Waals surface area contributed by atoms with Gasteiger partial charge in [-0.05, 0) is 117 Å². The molecule has 0 spiro atoms. The summed E-state index contributed by atoms with van der Waals surface area (Å²) in [4.78, 5) is 28.9. The Bertz CT molecular complexity index is 1440. The highest BCUT2D eigenvalue weighted by Crippen LogP contribution is 2.60. The molecule has 2 aromatic carbocycles. The van der Waals surface area contributed by atoms with Gasteiger partial charge in [0, 0.05) is 17.6 Å². The fourth-order valence-electron chi connectivity index (χ4n) is 9.04. The van der Waals surface area contributed by atoms with E-state index in [4.69, 9.17) is 11.6 Å². The van der Waals surface area contributed by atoms with Crippen molar-refractivity contribution in [2.45, 2.75) is 102 Å². The second kappa shape index (κ2) is 12.7. The van der Waals surface area contributed by atoms with E-state index in [1.54, 1.807) is 25.1 Å². The fraction of sp³-hybridized carbons (Fsp3) is 0.600. The molecule has 0 heterocycles. The van der Waals surface area contributed by atoms with Crippen LogP contribution >= 0.6 is 11.6 Å². The Morgan fingerprint density at radius 1 is 0.955 bits per heavy atom. The largest absolute Gasteiger partial charge is 0.352 e. The van der Waals surface area contributed by atoms with Crippen molar-refractivity contribution in [3.8, 4) is 0 Å². The van der Waals surface area contributed by atoms with Crippen molar-refractivity contribution in [2.24, 2.45) is 17.8 Å². The Balaban J connectivity index is 1.22. The Kier molecular flexibility index (Phi) is 9.04. The van der Waals surface area contributed by atoms with Crippen LogP contribution < -0.4 is 9.62 Å². The lowest BCUT2D eigenvalue weighted by Crippen LogP contribution is -2.53. The van der Waals surface area contributed by atoms with Crippen LogP contribution in [-0.4, -0.2) is 50.0 Å². The zero-order valence-corrected chi connectivity index (χ0v) is 27.6. The van der Waals surface area contributed by atoms with Gasteiger partial charge in [-0.15, -0.1) is 0 Å². The van der Waals surface area contributed by atoms with Crippen molar-refractivity contribution >= 4 is 39.1 Å². The molecule has 0 saturated heterocycles. The van der Waals surface area contributed by atoms with Crippen LogP contribution in [-0.2, 0) is 31.6 Å². The minimum Gasteiger partial charge on any atom is -0.352 e. The molecule has 0 unspecified atom stereocenters. The van der Waals surface area contributed by atoms with Crippen molar-refractivity contribution in [1.29, 1.82) is 0 Å². The first-order valence-electron chi connectivity index (χ1n) is 16.4. The first kappa shape index (κ1) is 31.4. The molecular formula is C35H46ClN3O4S. The van der Waals surface area contributed by atoms with E-state index in [0.29, 0.717) is 10.7 Å². The number of amides is 2. The summed E-state index contributed by atoms with van der Waals surface area (Å²) in [5.74, 6) is 1.78. The molecule has 0 aliphatic heterocycles. The summed E-state index contributed by atoms with van der Waals surface area (Å²) < 4.78 is 27.4. The van der Waals surface area contributed by atoms with Crippen LogP contribution in [0.5, 0.6) is 0 Å². The van der Waals surface area contributed by atoms with Crippen molar-refractivity contribution in [3.63, 3.8) is 0 Å². The fourth-order valence-corrected chi connectivity index (χ4v) is 10.1. The molecule has 5 aliphatic rings. The molecule has 0 radical (unpaired) electrons. The highest BCUT2D eigenvalue weighted by atomic mass is 35.5. The second-order valence-electron chi connectivity index (χ2n) is 14.2. The number of rotatable bonds is 10. The SMILES string of the molecule is C[C@@H](C(=O)NC1CCCCC1)N(Cc1cccc(Cl)c1)C(=O)CN(c1ccc(C23CC4CC(CC(C4)C2)C3)cc1)S(C)(=O)=O. The second-order valence-corrected chi connectivity index (χ2v) is 16.5. The molecule has 5 saturated carbocycles. The topological polar surface area (TPSA) is 86.8 Å². The predicted molar refractivity (Wildman–Crippen MR) is 175 cm³/mol. The number of carbonyl (C=O) groups is 2. The minimum atomic E-state index is -3.79. The molecule has 1 N–H and O–H groups in total. The molecule has 0 aromatic heterocycles. The number of nitrogens with one attached hydrogen (secondary N) is 1. The summed E-state index contributed by atoms with van der Waals surface area (Å²) in [5.41, 5.74) is 2.74. The number of anilines is 1. The van der Waals surface area contributed by atoms with E-state index in [1.165, 1.54) is 59.7 Å². The van der Waals surface area contributed by atoms with Crippen LogP contribution in [0.4, 0.5) is 5.69 Å². The smallest absolute Gasteiger partial charge is 0.244 e. The Morgan fingerprint density at radius 3 is 2.14 bits per heavy atom. The molecule has 1 atom stereocenters. The Morgan fingerprint density at radius 2 is 1.57 bits per heavy atom. The van der Waals surface area contributed by atoms with E-state index in [0.717, 1.165) is 55.3 Å². The molecule has 238 valence electrons. The van der Waals surface area contributed by atoms with Crippen LogP contribution in [0, 0.1) is 17.8 Å². The third kappa shape index (κ3) is 6.81. The molecule has 7 nitrogen and oxygen atoms in total. The summed E-state index contributed by atoms with van der Waals surface area (Å²) >= 11 is 6.24. The van der Waals surface area contributed by atoms with Gasteiger partial charge < -0.3 is 10.2 Å². The third-order valence-electron chi connectivity index (χ3n) is 10.8. The molecule has 5 fully saturated rings. The van der Waals surface area contributed by atoms with Crippen molar-refractivity contribution in [1.82, 2.24) is 10.2 Å². The van der Waals surface area contributed by atoms with Crippen molar-refractivity contribution in [3.05, 3.63) is 64.7 Å². The first-order valence-corrected chi connectivity index (χ1v) is 18.6. The molecule has 4 bridgehead atoms. The monoisotopic (exact) mass is 639 g/mol. The van der Waals surface area contributed by atoms with Gasteiger partial charge in [0.2, 0.25) is 21.8 Å². The van der Waals surface area contributed by atoms with E-state index in [1.807, 2.05) is 18.2 Å². The normalized spacial score (nSPS) is 27.1. The van der Waals surface area contributed by atoms with Gasteiger partial charge in [-0.25, -0.2) is 8.42 Å². The Hall–Kier alpha value is -2.58. The number of nitrogens with zero attached hydrogens (tertiary/aromatic N) is 2. The number of sulfonamides is 1. The van der Waals surface area contributed by atoms with E-state index < -0.39 is 28.5 Å². The number of carbonyl (C=O) groups excluding carboxylic acids is 2. The van der Waals surface area contributed by atoms with E-state index in [2.05, 4.69) is 17.4 Å². The average Bonchev–Trinajstić information content (AvgIpc) is 2.97. The molecule has 44 heavy (non-hydrogen) atoms. The van der Waals surface area contributed by atoms with Gasteiger partial charge in [0.1, 0.15) is 12.6 Å². The van der Waals surface area contributed by atoms with Crippen molar-refractivity contribution in [2.75, 3.05) is 17.1 Å². The molecular weight excluding hydrogens is 594 g/mol. The van der Waals surface area contributed by atoms with E-state index in [-0.39, 0.29) is 23.9 Å². The molecule has 2 aromatic rings. The molecule has 9 heteroatoms. The van der Waals surface area contributed by atoms with E-state index in [9.17, 15) is 18.0 Å². The van der Waals surface area contributed by atoms with Crippen LogP contribution in [0.3, 0.4) is 0 Å². The maximum atomic E-state index is 14.0. The first-order chi connectivity index (χ1) is 21.0. The number of hydrogen-bond donors (Lipinski definition) is 1. The zero-order valence-electron chi connectivity index (χ0n) is 26.0. The molecule has 5 aliphatic carbocycles. The highest BCUT2D eigenvalue weighted by molar-refractivity contribution is 7.92. The lowest BCUT2D eigenvalue weighted by atomic mass is 9.48. The van der Waals surface area contributed by atoms with Gasteiger partial charge in [0.15, 0.2) is 0 Å². The average molecular weight is 640 g/mol. The standard InChI is InChI=1S/C35H46ClN3O4S/c1-24(34(41)37-31-9-4-3-5-10-31)38(22-25-7-6-8-30(36)18-25)33(40)23-39(44(2,42)43)32-13-11-29(12-14-32)35-19-26-15-27(20-35)17-28(16-26)21-35/h6-8,11-14,18,24,26-28,31H,3-5,9-10,15-17,19-23H2,1-2H3,(H,37,41)/t24-,26?,27?,28?,35?/m0/s1. The molecule has 2 amide bonds. The van der Waals surface area contributed by atoms with Gasteiger partial charge >= 0.3 is 0 Å². The summed E-state index contributed by atoms with van der Waals surface area (Å²) in [6, 6.07) is 14.4. The number of hydrogen-bond acceptors (Lipinski definition) is 4. The highest BCUT2D eigenvalue weighted by Gasteiger charge is 2.51. The summed E-state index contributed by atoms with van der Waals surface area (Å²) in [6.45, 7) is 1.46. The van der Waals surface area contributed by atoms with Gasteiger partial charge in [-0.3, -0.25) is 13.9 Å². The van der Waals surface area contributed by atoms with Crippen LogP contribution in [0.25, 0.3) is 0 Å². The maximum Gasteiger partial charge on any atom is 0.244 e. The van der Waals surface area contributed by atoms with Crippen molar-refractivity contribution < 1.29 is 18.0 Å². The summed E-state index contributed by atoms with van der Waals surface area (Å²) in [7, 11) is -3.79. The van der Waals surface area contributed by atoms with Gasteiger partial charge in [0.05, 0.1) is 11.9 Å².